The summed E-state index contributed by atoms with van der Waals surface area (Å²) in [6, 6.07) is 0. The van der Waals surface area contributed by atoms with Gasteiger partial charge in [0.05, 0.1) is 11.6 Å². The average Bonchev–Trinajstić information content (AvgIpc) is 2.44. The molecule has 0 bridgehead atoms. The number of aryl methyl sites for hydroxylation is 2. The van der Waals surface area contributed by atoms with Crippen molar-refractivity contribution in [3.05, 3.63) is 11.5 Å². The molecule has 0 aliphatic heterocycles. The maximum atomic E-state index is 12.1. The monoisotopic (exact) mass is 262 g/mol. The van der Waals surface area contributed by atoms with Gasteiger partial charge in [-0.25, -0.2) is 13.1 Å². The Morgan fingerprint density at radius 2 is 1.94 bits per heavy atom. The number of aliphatic hydroxyl groups excluding tert-OH is 1. The molecular weight excluding hydrogens is 244 g/mol. The number of nitrogens with zero attached hydrogens (tertiary/aromatic N) is 1. The quantitative estimate of drug-likeness (QED) is 0.834. The highest BCUT2D eigenvalue weighted by Gasteiger charge is 2.33. The van der Waals surface area contributed by atoms with E-state index < -0.39 is 21.7 Å². The van der Waals surface area contributed by atoms with Crippen molar-refractivity contribution in [3.8, 4) is 0 Å². The number of rotatable bonds is 4. The fourth-order valence-electron chi connectivity index (χ4n) is 1.34. The molecule has 17 heavy (non-hydrogen) atoms. The van der Waals surface area contributed by atoms with E-state index in [1.54, 1.807) is 20.8 Å². The number of nitrogens with one attached hydrogen (secondary N) is 1. The molecule has 0 aliphatic carbocycles. The minimum Gasteiger partial charge on any atom is -0.391 e. The largest absolute Gasteiger partial charge is 0.391 e. The van der Waals surface area contributed by atoms with Crippen LogP contribution < -0.4 is 4.72 Å². The van der Waals surface area contributed by atoms with Gasteiger partial charge in [-0.15, -0.1) is 0 Å². The minimum atomic E-state index is -3.75. The first-order valence-electron chi connectivity index (χ1n) is 5.23. The predicted octanol–water partition coefficient (Wildman–Crippen LogP) is 0.729. The van der Waals surface area contributed by atoms with Crippen molar-refractivity contribution in [1.82, 2.24) is 9.88 Å². The van der Waals surface area contributed by atoms with Crippen LogP contribution in [0.3, 0.4) is 0 Å². The summed E-state index contributed by atoms with van der Waals surface area (Å²) in [5.41, 5.74) is -0.661. The van der Waals surface area contributed by atoms with E-state index in [0.29, 0.717) is 5.69 Å². The zero-order valence-electron chi connectivity index (χ0n) is 10.6. The third-order valence-electron chi connectivity index (χ3n) is 2.68. The zero-order valence-corrected chi connectivity index (χ0v) is 11.4. The fourth-order valence-corrected chi connectivity index (χ4v) is 3.15. The second-order valence-electron chi connectivity index (χ2n) is 4.66. The highest BCUT2D eigenvalue weighted by Crippen LogP contribution is 2.21. The lowest BCUT2D eigenvalue weighted by molar-refractivity contribution is 0.111. The molecule has 7 heteroatoms. The van der Waals surface area contributed by atoms with Gasteiger partial charge in [0.2, 0.25) is 10.0 Å². The topological polar surface area (TPSA) is 92.4 Å². The highest BCUT2D eigenvalue weighted by molar-refractivity contribution is 7.89. The normalized spacial score (nSPS) is 14.9. The molecule has 0 amide bonds. The molecule has 1 aromatic heterocycles. The lowest BCUT2D eigenvalue weighted by atomic mass is 10.0. The second-order valence-corrected chi connectivity index (χ2v) is 6.28. The molecule has 1 rings (SSSR count). The van der Waals surface area contributed by atoms with Crippen LogP contribution in [0.4, 0.5) is 0 Å². The first kappa shape index (κ1) is 14.1. The van der Waals surface area contributed by atoms with Gasteiger partial charge >= 0.3 is 0 Å². The van der Waals surface area contributed by atoms with Gasteiger partial charge < -0.3 is 9.63 Å². The van der Waals surface area contributed by atoms with Crippen molar-refractivity contribution in [2.75, 3.05) is 0 Å². The predicted molar refractivity (Wildman–Crippen MR) is 62.1 cm³/mol. The fraction of sp³-hybridized carbons (Fsp3) is 0.700. The third-order valence-corrected chi connectivity index (χ3v) is 4.59. The van der Waals surface area contributed by atoms with Gasteiger partial charge in [0.15, 0.2) is 5.76 Å². The molecule has 0 fully saturated rings. The lowest BCUT2D eigenvalue weighted by Crippen LogP contribution is -2.50. The molecule has 0 aliphatic rings. The van der Waals surface area contributed by atoms with Gasteiger partial charge in [-0.3, -0.25) is 0 Å². The van der Waals surface area contributed by atoms with E-state index in [9.17, 15) is 13.5 Å². The summed E-state index contributed by atoms with van der Waals surface area (Å²) < 4.78 is 31.5. The zero-order chi connectivity index (χ0) is 13.4. The van der Waals surface area contributed by atoms with Crippen LogP contribution in [0.1, 0.15) is 32.2 Å². The van der Waals surface area contributed by atoms with E-state index in [4.69, 9.17) is 4.52 Å². The van der Waals surface area contributed by atoms with Gasteiger partial charge in [0.25, 0.3) is 0 Å². The molecule has 0 saturated heterocycles. The van der Waals surface area contributed by atoms with E-state index in [2.05, 4.69) is 9.88 Å². The summed E-state index contributed by atoms with van der Waals surface area (Å²) in [5.74, 6) is 0.233. The smallest absolute Gasteiger partial charge is 0.246 e. The average molecular weight is 262 g/mol. The van der Waals surface area contributed by atoms with E-state index in [1.807, 2.05) is 0 Å². The molecule has 0 aromatic carbocycles. The van der Waals surface area contributed by atoms with E-state index in [-0.39, 0.29) is 10.7 Å². The Hall–Kier alpha value is -0.920. The Labute approximate surface area is 101 Å². The summed E-state index contributed by atoms with van der Waals surface area (Å²) in [5, 5.41) is 13.1. The Balaban J connectivity index is 3.15. The molecule has 0 spiro atoms. The lowest BCUT2D eigenvalue weighted by Gasteiger charge is -2.28. The first-order valence-corrected chi connectivity index (χ1v) is 6.71. The molecular formula is C10H18N2O4S. The van der Waals surface area contributed by atoms with Gasteiger partial charge in [0.1, 0.15) is 10.6 Å². The molecule has 6 nitrogen and oxygen atoms in total. The van der Waals surface area contributed by atoms with Crippen molar-refractivity contribution in [2.24, 2.45) is 0 Å². The van der Waals surface area contributed by atoms with E-state index in [1.165, 1.54) is 13.8 Å². The van der Waals surface area contributed by atoms with Crippen LogP contribution in [0, 0.1) is 13.8 Å². The molecule has 98 valence electrons. The SMILES string of the molecule is Cc1noc(C)c1S(=O)(=O)NC(C)(C)C(C)O. The van der Waals surface area contributed by atoms with Crippen LogP contribution in [0.25, 0.3) is 0 Å². The summed E-state index contributed by atoms with van der Waals surface area (Å²) in [7, 11) is -3.75. The summed E-state index contributed by atoms with van der Waals surface area (Å²) in [4.78, 5) is 0.0335. The second kappa shape index (κ2) is 4.40. The molecule has 1 atom stereocenters. The Morgan fingerprint density at radius 3 is 2.29 bits per heavy atom. The summed E-state index contributed by atoms with van der Waals surface area (Å²) in [6.07, 6.45) is -0.822. The van der Waals surface area contributed by atoms with E-state index in [0.717, 1.165) is 0 Å². The van der Waals surface area contributed by atoms with Crippen LogP contribution in [0.5, 0.6) is 0 Å². The number of hydrogen-bond acceptors (Lipinski definition) is 5. The number of sulfonamides is 1. The van der Waals surface area contributed by atoms with Gasteiger partial charge in [0, 0.05) is 0 Å². The highest BCUT2D eigenvalue weighted by atomic mass is 32.2. The van der Waals surface area contributed by atoms with Crippen molar-refractivity contribution in [3.63, 3.8) is 0 Å². The van der Waals surface area contributed by atoms with Crippen molar-refractivity contribution >= 4 is 10.0 Å². The molecule has 1 heterocycles. The van der Waals surface area contributed by atoms with Crippen molar-refractivity contribution < 1.29 is 18.0 Å². The summed E-state index contributed by atoms with van der Waals surface area (Å²) >= 11 is 0. The van der Waals surface area contributed by atoms with Crippen LogP contribution in [-0.2, 0) is 10.0 Å². The van der Waals surface area contributed by atoms with Crippen molar-refractivity contribution in [2.45, 2.75) is 51.2 Å². The van der Waals surface area contributed by atoms with Gasteiger partial charge in [-0.1, -0.05) is 5.16 Å². The minimum absolute atomic E-state index is 0.0335. The van der Waals surface area contributed by atoms with Gasteiger partial charge in [-0.2, -0.15) is 0 Å². The number of aromatic nitrogens is 1. The molecule has 1 aromatic rings. The first-order chi connectivity index (χ1) is 7.58. The Bertz CT molecular complexity index is 483. The molecule has 0 radical (unpaired) electrons. The van der Waals surface area contributed by atoms with Crippen LogP contribution in [0.15, 0.2) is 9.42 Å². The Kier molecular flexibility index (Phi) is 3.66. The van der Waals surface area contributed by atoms with Crippen LogP contribution >= 0.6 is 0 Å². The number of hydrogen-bond donors (Lipinski definition) is 2. The third kappa shape index (κ3) is 2.85. The van der Waals surface area contributed by atoms with Gasteiger partial charge in [-0.05, 0) is 34.6 Å². The molecule has 0 saturated carbocycles. The maximum absolute atomic E-state index is 12.1. The van der Waals surface area contributed by atoms with Crippen LogP contribution in [-0.4, -0.2) is 30.3 Å². The number of aliphatic hydroxyl groups is 1. The maximum Gasteiger partial charge on any atom is 0.246 e. The standard InChI is InChI=1S/C10H18N2O4S/c1-6-9(7(2)16-11-6)17(14,15)12-10(4,5)8(3)13/h8,12-13H,1-5H3. The Morgan fingerprint density at radius 1 is 1.41 bits per heavy atom. The van der Waals surface area contributed by atoms with E-state index >= 15 is 0 Å². The van der Waals surface area contributed by atoms with Crippen molar-refractivity contribution in [1.29, 1.82) is 0 Å². The van der Waals surface area contributed by atoms with Crippen LogP contribution in [0.2, 0.25) is 0 Å². The molecule has 2 N–H and O–H groups in total. The summed E-state index contributed by atoms with van der Waals surface area (Å²) in [6.45, 7) is 7.82. The molecule has 1 unspecified atom stereocenters.